The number of carboxylic acid groups (broad SMARTS) is 1. The van der Waals surface area contributed by atoms with Gasteiger partial charge in [-0.3, -0.25) is 0 Å². The van der Waals surface area contributed by atoms with E-state index in [0.29, 0.717) is 48.2 Å². The van der Waals surface area contributed by atoms with Crippen molar-refractivity contribution in [1.82, 2.24) is 4.98 Å². The molecule has 4 aromatic rings. The molecule has 8 heteroatoms. The van der Waals surface area contributed by atoms with Gasteiger partial charge in [-0.15, -0.1) is 11.3 Å². The number of phenolic OH excluding ortho intramolecular Hbond substituents is 1. The number of hydrogen-bond acceptors (Lipinski definition) is 7. The summed E-state index contributed by atoms with van der Waals surface area (Å²) in [6.07, 6.45) is 4.72. The topological polar surface area (TPSA) is 98.1 Å². The summed E-state index contributed by atoms with van der Waals surface area (Å²) in [4.78, 5) is 15.9. The second kappa shape index (κ2) is 13.0. The van der Waals surface area contributed by atoms with Crippen LogP contribution >= 0.6 is 11.3 Å². The lowest BCUT2D eigenvalue weighted by atomic mass is 10.1. The van der Waals surface area contributed by atoms with Crippen molar-refractivity contribution in [3.63, 3.8) is 0 Å². The maximum Gasteiger partial charge on any atom is 0.339 e. The van der Waals surface area contributed by atoms with Gasteiger partial charge in [0.25, 0.3) is 0 Å². The molecule has 0 fully saturated rings. The number of aromatic carboxylic acids is 1. The van der Waals surface area contributed by atoms with E-state index >= 15 is 0 Å². The minimum Gasteiger partial charge on any atom is -0.507 e. The van der Waals surface area contributed by atoms with Gasteiger partial charge in [-0.25, -0.2) is 9.78 Å². The number of phenols is 1. The molecule has 0 aliphatic carbocycles. The number of carboxylic acids is 1. The molecule has 0 saturated carbocycles. The Bertz CT molecular complexity index is 1370. The maximum absolute atomic E-state index is 11.6. The zero-order chi connectivity index (χ0) is 26.9. The van der Waals surface area contributed by atoms with Crippen LogP contribution in [0.25, 0.3) is 10.6 Å². The fourth-order valence-electron chi connectivity index (χ4n) is 4.10. The van der Waals surface area contributed by atoms with Gasteiger partial charge in [0.2, 0.25) is 0 Å². The molecule has 3 aromatic carbocycles. The average molecular weight is 534 g/mol. The quantitative estimate of drug-likeness (QED) is 0.173. The molecule has 1 aromatic heterocycles. The molecule has 0 atom stereocenters. The summed E-state index contributed by atoms with van der Waals surface area (Å²) in [5, 5.41) is 22.7. The third kappa shape index (κ3) is 6.44. The van der Waals surface area contributed by atoms with Gasteiger partial charge in [0, 0.05) is 29.6 Å². The molecule has 198 valence electrons. The molecule has 0 saturated heterocycles. The number of thiazole rings is 1. The number of para-hydroxylation sites is 1. The number of carbonyl (C=O) groups is 1. The van der Waals surface area contributed by atoms with Gasteiger partial charge in [0.05, 0.1) is 18.8 Å². The standard InChI is InChI=1S/C30H31NO6S/c1-3-9-21-25(12-7-13-26(21)37-27-11-6-5-10-22(27)30(33)34)35-15-8-16-36-28-19-24(32)23(18-20(28)4-2)29-31-14-17-38-29/h5-7,10-14,17-19,32H,3-4,8-9,15-16H2,1-2H3,(H,33,34). The lowest BCUT2D eigenvalue weighted by Crippen LogP contribution is -2.08. The summed E-state index contributed by atoms with van der Waals surface area (Å²) in [6, 6.07) is 15.7. The first kappa shape index (κ1) is 27.0. The Morgan fingerprint density at radius 2 is 1.68 bits per heavy atom. The van der Waals surface area contributed by atoms with Gasteiger partial charge in [0.1, 0.15) is 39.3 Å². The van der Waals surface area contributed by atoms with Gasteiger partial charge in [0.15, 0.2) is 0 Å². The van der Waals surface area contributed by atoms with Crippen molar-refractivity contribution in [2.45, 2.75) is 39.5 Å². The lowest BCUT2D eigenvalue weighted by molar-refractivity contribution is 0.0694. The molecular formula is C30H31NO6S. The highest BCUT2D eigenvalue weighted by Gasteiger charge is 2.16. The predicted octanol–water partition coefficient (Wildman–Crippen LogP) is 7.37. The summed E-state index contributed by atoms with van der Waals surface area (Å²) in [7, 11) is 0. The number of aryl methyl sites for hydroxylation is 1. The molecule has 4 rings (SSSR count). The van der Waals surface area contributed by atoms with Crippen molar-refractivity contribution in [2.24, 2.45) is 0 Å². The van der Waals surface area contributed by atoms with Crippen molar-refractivity contribution in [3.05, 3.63) is 82.9 Å². The zero-order valence-electron chi connectivity index (χ0n) is 21.5. The fourth-order valence-corrected chi connectivity index (χ4v) is 4.76. The number of benzene rings is 3. The highest BCUT2D eigenvalue weighted by atomic mass is 32.1. The summed E-state index contributed by atoms with van der Waals surface area (Å²) < 4.78 is 18.1. The third-order valence-corrected chi connectivity index (χ3v) is 6.76. The Hall–Kier alpha value is -4.04. The molecule has 0 unspecified atom stereocenters. The van der Waals surface area contributed by atoms with Crippen LogP contribution in [0.1, 0.15) is 48.2 Å². The number of rotatable bonds is 13. The average Bonchev–Trinajstić information content (AvgIpc) is 3.45. The van der Waals surface area contributed by atoms with E-state index in [-0.39, 0.29) is 11.3 Å². The molecule has 0 aliphatic heterocycles. The predicted molar refractivity (Wildman–Crippen MR) is 148 cm³/mol. The van der Waals surface area contributed by atoms with E-state index in [4.69, 9.17) is 14.2 Å². The van der Waals surface area contributed by atoms with Crippen LogP contribution in [0.5, 0.6) is 28.7 Å². The summed E-state index contributed by atoms with van der Waals surface area (Å²) >= 11 is 1.48. The Labute approximate surface area is 226 Å². The highest BCUT2D eigenvalue weighted by Crippen LogP contribution is 2.37. The second-order valence-electron chi connectivity index (χ2n) is 8.60. The van der Waals surface area contributed by atoms with Crippen LogP contribution in [0.2, 0.25) is 0 Å². The van der Waals surface area contributed by atoms with Crippen LogP contribution in [0, 0.1) is 0 Å². The van der Waals surface area contributed by atoms with Gasteiger partial charge in [-0.2, -0.15) is 0 Å². The minimum atomic E-state index is -1.04. The van der Waals surface area contributed by atoms with Crippen molar-refractivity contribution in [3.8, 4) is 39.3 Å². The Morgan fingerprint density at radius 3 is 2.39 bits per heavy atom. The summed E-state index contributed by atoms with van der Waals surface area (Å²) in [6.45, 7) is 4.97. The van der Waals surface area contributed by atoms with Crippen LogP contribution in [0.15, 0.2) is 66.2 Å². The molecule has 7 nitrogen and oxygen atoms in total. The van der Waals surface area contributed by atoms with E-state index in [0.717, 1.165) is 35.4 Å². The molecule has 1 heterocycles. The molecule has 0 amide bonds. The normalized spacial score (nSPS) is 10.8. The second-order valence-corrected chi connectivity index (χ2v) is 9.50. The first-order valence-corrected chi connectivity index (χ1v) is 13.5. The van der Waals surface area contributed by atoms with Gasteiger partial charge < -0.3 is 24.4 Å². The van der Waals surface area contributed by atoms with E-state index in [1.54, 1.807) is 30.5 Å². The van der Waals surface area contributed by atoms with E-state index in [2.05, 4.69) is 11.9 Å². The molecular weight excluding hydrogens is 502 g/mol. The van der Waals surface area contributed by atoms with Crippen molar-refractivity contribution in [2.75, 3.05) is 13.2 Å². The van der Waals surface area contributed by atoms with Crippen molar-refractivity contribution < 1.29 is 29.2 Å². The first-order chi connectivity index (χ1) is 18.5. The monoisotopic (exact) mass is 533 g/mol. The molecule has 0 radical (unpaired) electrons. The maximum atomic E-state index is 11.6. The van der Waals surface area contributed by atoms with Gasteiger partial charge in [-0.1, -0.05) is 38.5 Å². The van der Waals surface area contributed by atoms with Gasteiger partial charge in [-0.05, 0) is 48.7 Å². The van der Waals surface area contributed by atoms with Gasteiger partial charge >= 0.3 is 5.97 Å². The molecule has 2 N–H and O–H groups in total. The molecule has 0 spiro atoms. The SMILES string of the molecule is CCCc1c(OCCCOc2cc(O)c(-c3nccs3)cc2CC)cccc1Oc1ccccc1C(=O)O. The highest BCUT2D eigenvalue weighted by molar-refractivity contribution is 7.13. The largest absolute Gasteiger partial charge is 0.507 e. The zero-order valence-corrected chi connectivity index (χ0v) is 22.3. The molecule has 0 bridgehead atoms. The Balaban J connectivity index is 1.39. The van der Waals surface area contributed by atoms with E-state index in [9.17, 15) is 15.0 Å². The van der Waals surface area contributed by atoms with Crippen molar-refractivity contribution in [1.29, 1.82) is 0 Å². The van der Waals surface area contributed by atoms with Crippen LogP contribution in [-0.4, -0.2) is 34.4 Å². The Morgan fingerprint density at radius 1 is 0.947 bits per heavy atom. The van der Waals surface area contributed by atoms with Crippen LogP contribution in [0.4, 0.5) is 0 Å². The first-order valence-electron chi connectivity index (χ1n) is 12.6. The van der Waals surface area contributed by atoms with E-state index in [1.807, 2.05) is 36.6 Å². The lowest BCUT2D eigenvalue weighted by Gasteiger charge is -2.17. The number of ether oxygens (including phenoxy) is 3. The van der Waals surface area contributed by atoms with E-state index < -0.39 is 5.97 Å². The third-order valence-electron chi connectivity index (χ3n) is 5.95. The van der Waals surface area contributed by atoms with Crippen molar-refractivity contribution >= 4 is 17.3 Å². The number of hydrogen-bond donors (Lipinski definition) is 2. The molecule has 0 aliphatic rings. The number of aromatic hydroxyl groups is 1. The van der Waals surface area contributed by atoms with Crippen LogP contribution in [-0.2, 0) is 12.8 Å². The van der Waals surface area contributed by atoms with Crippen LogP contribution < -0.4 is 14.2 Å². The van der Waals surface area contributed by atoms with E-state index in [1.165, 1.54) is 17.4 Å². The minimum absolute atomic E-state index is 0.107. The Kier molecular flexibility index (Phi) is 9.21. The number of aromatic nitrogens is 1. The smallest absolute Gasteiger partial charge is 0.339 e. The summed E-state index contributed by atoms with van der Waals surface area (Å²) in [5.41, 5.74) is 2.72. The number of nitrogens with zero attached hydrogens (tertiary/aromatic N) is 1. The summed E-state index contributed by atoms with van der Waals surface area (Å²) in [5.74, 6) is 1.34. The molecule has 38 heavy (non-hydrogen) atoms. The fraction of sp³-hybridized carbons (Fsp3) is 0.267. The van der Waals surface area contributed by atoms with Crippen LogP contribution in [0.3, 0.4) is 0 Å².